The van der Waals surface area contributed by atoms with Gasteiger partial charge in [-0.05, 0) is 12.1 Å². The van der Waals surface area contributed by atoms with E-state index in [2.05, 4.69) is 10.3 Å². The topological polar surface area (TPSA) is 97.5 Å². The monoisotopic (exact) mass is 370 g/mol. The summed E-state index contributed by atoms with van der Waals surface area (Å²) in [5, 5.41) is 5.10. The van der Waals surface area contributed by atoms with E-state index in [9.17, 15) is 9.59 Å². The second-order valence-corrected chi connectivity index (χ2v) is 5.83. The number of nitrogens with two attached hydrogens (primary N) is 1. The molecule has 0 aliphatic heterocycles. The molecule has 0 bridgehead atoms. The van der Waals surface area contributed by atoms with E-state index >= 15 is 0 Å². The Balaban J connectivity index is 0.00000288. The molecule has 24 heavy (non-hydrogen) atoms. The number of amides is 2. The minimum absolute atomic E-state index is 0. The van der Waals surface area contributed by atoms with E-state index < -0.39 is 0 Å². The predicted octanol–water partition coefficient (Wildman–Crippen LogP) is 1.74. The molecule has 2 amide bonds. The first kappa shape index (κ1) is 19.9. The van der Waals surface area contributed by atoms with Crippen molar-refractivity contribution >= 4 is 41.2 Å². The summed E-state index contributed by atoms with van der Waals surface area (Å²) in [5.41, 5.74) is 6.37. The van der Waals surface area contributed by atoms with Gasteiger partial charge in [-0.25, -0.2) is 4.98 Å². The molecule has 7 nitrogen and oxygen atoms in total. The van der Waals surface area contributed by atoms with Gasteiger partial charge in [0.05, 0.1) is 0 Å². The standard InChI is InChI=1S/C15H18N4O3S.ClH/c1-19(2)14(20)8-22-11-5-3-4-10(6-11)17-15(21)12-9-23-13(7-16)18-12;/h3-6,9H,7-8,16H2,1-2H3,(H,17,21);1H. The number of carbonyl (C=O) groups excluding carboxylic acids is 2. The van der Waals surface area contributed by atoms with E-state index in [-0.39, 0.29) is 30.8 Å². The van der Waals surface area contributed by atoms with E-state index in [0.29, 0.717) is 28.7 Å². The zero-order chi connectivity index (χ0) is 16.8. The number of halogens is 1. The van der Waals surface area contributed by atoms with Crippen molar-refractivity contribution in [3.63, 3.8) is 0 Å². The molecule has 1 aromatic carbocycles. The number of hydrogen-bond acceptors (Lipinski definition) is 6. The van der Waals surface area contributed by atoms with Crippen LogP contribution in [-0.4, -0.2) is 42.4 Å². The summed E-state index contributed by atoms with van der Waals surface area (Å²) >= 11 is 1.34. The molecule has 0 saturated carbocycles. The van der Waals surface area contributed by atoms with E-state index in [1.165, 1.54) is 16.2 Å². The number of hydrogen-bond donors (Lipinski definition) is 2. The summed E-state index contributed by atoms with van der Waals surface area (Å²) in [7, 11) is 3.32. The molecule has 3 N–H and O–H groups in total. The van der Waals surface area contributed by atoms with Crippen molar-refractivity contribution in [3.05, 3.63) is 40.3 Å². The first-order valence-corrected chi connectivity index (χ1v) is 7.76. The molecule has 9 heteroatoms. The minimum atomic E-state index is -0.317. The van der Waals surface area contributed by atoms with Crippen molar-refractivity contribution in [2.75, 3.05) is 26.0 Å². The Bertz CT molecular complexity index is 706. The Morgan fingerprint density at radius 1 is 1.38 bits per heavy atom. The van der Waals surface area contributed by atoms with Gasteiger partial charge in [0, 0.05) is 37.8 Å². The highest BCUT2D eigenvalue weighted by Gasteiger charge is 2.11. The maximum atomic E-state index is 12.1. The van der Waals surface area contributed by atoms with Crippen molar-refractivity contribution in [1.29, 1.82) is 0 Å². The highest BCUT2D eigenvalue weighted by molar-refractivity contribution is 7.09. The molecule has 0 aliphatic carbocycles. The van der Waals surface area contributed by atoms with Crippen LogP contribution in [0.15, 0.2) is 29.6 Å². The van der Waals surface area contributed by atoms with Gasteiger partial charge in [0.1, 0.15) is 16.5 Å². The lowest BCUT2D eigenvalue weighted by Gasteiger charge is -2.12. The lowest BCUT2D eigenvalue weighted by atomic mass is 10.3. The van der Waals surface area contributed by atoms with Gasteiger partial charge >= 0.3 is 0 Å². The normalized spacial score (nSPS) is 9.79. The van der Waals surface area contributed by atoms with Gasteiger partial charge in [-0.1, -0.05) is 6.07 Å². The number of carbonyl (C=O) groups is 2. The van der Waals surface area contributed by atoms with Crippen LogP contribution in [0.1, 0.15) is 15.5 Å². The smallest absolute Gasteiger partial charge is 0.275 e. The summed E-state index contributed by atoms with van der Waals surface area (Å²) in [6.45, 7) is 0.248. The number of anilines is 1. The maximum Gasteiger partial charge on any atom is 0.275 e. The molecular weight excluding hydrogens is 352 g/mol. The SMILES string of the molecule is CN(C)C(=O)COc1cccc(NC(=O)c2csc(CN)n2)c1.Cl. The fraction of sp³-hybridized carbons (Fsp3) is 0.267. The summed E-state index contributed by atoms with van der Waals surface area (Å²) in [4.78, 5) is 29.2. The van der Waals surface area contributed by atoms with E-state index in [1.54, 1.807) is 43.7 Å². The van der Waals surface area contributed by atoms with Crippen LogP contribution in [0.5, 0.6) is 5.75 Å². The molecule has 1 heterocycles. The van der Waals surface area contributed by atoms with Crippen LogP contribution < -0.4 is 15.8 Å². The molecule has 0 radical (unpaired) electrons. The van der Waals surface area contributed by atoms with Crippen LogP contribution in [0, 0.1) is 0 Å². The Labute approximate surface area is 150 Å². The van der Waals surface area contributed by atoms with Gasteiger partial charge in [-0.3, -0.25) is 9.59 Å². The number of nitrogens with zero attached hydrogens (tertiary/aromatic N) is 2. The highest BCUT2D eigenvalue weighted by atomic mass is 35.5. The summed E-state index contributed by atoms with van der Waals surface area (Å²) in [6, 6.07) is 6.83. The van der Waals surface area contributed by atoms with Crippen molar-refractivity contribution in [1.82, 2.24) is 9.88 Å². The van der Waals surface area contributed by atoms with E-state index in [4.69, 9.17) is 10.5 Å². The average molecular weight is 371 g/mol. The Morgan fingerprint density at radius 3 is 2.75 bits per heavy atom. The van der Waals surface area contributed by atoms with Gasteiger partial charge in [0.15, 0.2) is 6.61 Å². The number of likely N-dealkylation sites (N-methyl/N-ethyl adjacent to an activating group) is 1. The molecular formula is C15H19ClN4O3S. The number of ether oxygens (including phenoxy) is 1. The van der Waals surface area contributed by atoms with Gasteiger partial charge in [-0.15, -0.1) is 23.7 Å². The molecule has 1 aromatic heterocycles. The Morgan fingerprint density at radius 2 is 2.12 bits per heavy atom. The van der Waals surface area contributed by atoms with E-state index in [0.717, 1.165) is 0 Å². The summed E-state index contributed by atoms with van der Waals surface area (Å²) < 4.78 is 5.41. The molecule has 0 unspecified atom stereocenters. The number of thiazole rings is 1. The molecule has 0 aliphatic rings. The van der Waals surface area contributed by atoms with E-state index in [1.807, 2.05) is 0 Å². The quantitative estimate of drug-likeness (QED) is 0.807. The van der Waals surface area contributed by atoms with Gasteiger partial charge < -0.3 is 20.7 Å². The lowest BCUT2D eigenvalue weighted by Crippen LogP contribution is -2.27. The number of benzene rings is 1. The highest BCUT2D eigenvalue weighted by Crippen LogP contribution is 2.18. The molecule has 0 saturated heterocycles. The number of nitrogens with one attached hydrogen (secondary N) is 1. The second kappa shape index (κ2) is 9.21. The maximum absolute atomic E-state index is 12.1. The molecule has 130 valence electrons. The minimum Gasteiger partial charge on any atom is -0.484 e. The Kier molecular flexibility index (Phi) is 7.63. The Hall–Kier alpha value is -2.16. The third kappa shape index (κ3) is 5.48. The van der Waals surface area contributed by atoms with Crippen molar-refractivity contribution in [3.8, 4) is 5.75 Å². The van der Waals surface area contributed by atoms with Crippen LogP contribution >= 0.6 is 23.7 Å². The zero-order valence-electron chi connectivity index (χ0n) is 13.3. The van der Waals surface area contributed by atoms with Crippen LogP contribution in [0.4, 0.5) is 5.69 Å². The molecule has 0 spiro atoms. The average Bonchev–Trinajstić information content (AvgIpc) is 3.02. The van der Waals surface area contributed by atoms with Gasteiger partial charge in [0.25, 0.3) is 11.8 Å². The molecule has 2 rings (SSSR count). The number of rotatable bonds is 6. The van der Waals surface area contributed by atoms with Gasteiger partial charge in [0.2, 0.25) is 0 Å². The van der Waals surface area contributed by atoms with Crippen molar-refractivity contribution < 1.29 is 14.3 Å². The molecule has 2 aromatic rings. The van der Waals surface area contributed by atoms with Crippen LogP contribution in [0.2, 0.25) is 0 Å². The lowest BCUT2D eigenvalue weighted by molar-refractivity contribution is -0.130. The van der Waals surface area contributed by atoms with Crippen LogP contribution in [0.25, 0.3) is 0 Å². The number of aromatic nitrogens is 1. The molecule has 0 atom stereocenters. The fourth-order valence-corrected chi connectivity index (χ4v) is 2.30. The third-order valence-electron chi connectivity index (χ3n) is 2.91. The first-order valence-electron chi connectivity index (χ1n) is 6.88. The largest absolute Gasteiger partial charge is 0.484 e. The predicted molar refractivity (Wildman–Crippen MR) is 95.8 cm³/mol. The van der Waals surface area contributed by atoms with Crippen molar-refractivity contribution in [2.24, 2.45) is 5.73 Å². The fourth-order valence-electron chi connectivity index (χ4n) is 1.64. The zero-order valence-corrected chi connectivity index (χ0v) is 14.9. The summed E-state index contributed by atoms with van der Waals surface area (Å²) in [5.74, 6) is 0.0395. The first-order chi connectivity index (χ1) is 11.0. The van der Waals surface area contributed by atoms with Gasteiger partial charge in [-0.2, -0.15) is 0 Å². The summed E-state index contributed by atoms with van der Waals surface area (Å²) in [6.07, 6.45) is 0. The molecule has 0 fully saturated rings. The second-order valence-electron chi connectivity index (χ2n) is 4.89. The van der Waals surface area contributed by atoms with Crippen LogP contribution in [0.3, 0.4) is 0 Å². The third-order valence-corrected chi connectivity index (χ3v) is 3.78. The van der Waals surface area contributed by atoms with Crippen LogP contribution in [-0.2, 0) is 11.3 Å². The van der Waals surface area contributed by atoms with Crippen molar-refractivity contribution in [2.45, 2.75) is 6.54 Å².